The summed E-state index contributed by atoms with van der Waals surface area (Å²) < 4.78 is 8.42. The van der Waals surface area contributed by atoms with Crippen LogP contribution in [0.1, 0.15) is 0 Å². The minimum atomic E-state index is 0.494. The van der Waals surface area contributed by atoms with Crippen LogP contribution in [-0.4, -0.2) is 19.7 Å². The van der Waals surface area contributed by atoms with Gasteiger partial charge >= 0.3 is 0 Å². The third-order valence-electron chi connectivity index (χ3n) is 9.56. The van der Waals surface area contributed by atoms with Crippen molar-refractivity contribution in [3.63, 3.8) is 0 Å². The third kappa shape index (κ3) is 4.52. The van der Waals surface area contributed by atoms with Crippen molar-refractivity contribution in [3.8, 4) is 51.0 Å². The zero-order chi connectivity index (χ0) is 33.0. The number of para-hydroxylation sites is 3. The van der Waals surface area contributed by atoms with Crippen molar-refractivity contribution in [2.24, 2.45) is 0 Å². The molecule has 0 amide bonds. The highest BCUT2D eigenvalue weighted by Gasteiger charge is 2.20. The van der Waals surface area contributed by atoms with Crippen molar-refractivity contribution in [3.05, 3.63) is 170 Å². The third-order valence-corrected chi connectivity index (χ3v) is 9.56. The Labute approximate surface area is 287 Å². The number of nitrogens with zero attached hydrogens (tertiary/aromatic N) is 4. The van der Waals surface area contributed by atoms with Crippen LogP contribution in [0, 0.1) is 0 Å². The van der Waals surface area contributed by atoms with Gasteiger partial charge in [-0.1, -0.05) is 115 Å². The van der Waals surface area contributed by atoms with E-state index in [1.54, 1.807) is 0 Å². The summed E-state index contributed by atoms with van der Waals surface area (Å²) >= 11 is 0. The fourth-order valence-corrected chi connectivity index (χ4v) is 7.24. The standard InChI is InChI=1S/C45H28N4O/c1-3-12-30(13-4-1)44-47-48-45(50-44)31-24-22-29(23-25-31)32-14-11-15-33(28-32)42-41-37(35-18-7-9-20-39(35)46-42)26-27-38-36-19-8-10-21-40(36)49(43(38)41)34-16-5-2-6-17-34/h1-28H. The van der Waals surface area contributed by atoms with Gasteiger partial charge in [0.25, 0.3) is 0 Å². The van der Waals surface area contributed by atoms with Gasteiger partial charge in [-0.2, -0.15) is 0 Å². The van der Waals surface area contributed by atoms with Crippen molar-refractivity contribution in [2.75, 3.05) is 0 Å². The molecule has 0 saturated heterocycles. The molecule has 234 valence electrons. The van der Waals surface area contributed by atoms with Crippen LogP contribution in [0.5, 0.6) is 0 Å². The number of pyridine rings is 1. The largest absolute Gasteiger partial charge is 0.416 e. The molecule has 0 saturated carbocycles. The van der Waals surface area contributed by atoms with E-state index in [4.69, 9.17) is 9.40 Å². The maximum atomic E-state index is 6.02. The van der Waals surface area contributed by atoms with Gasteiger partial charge in [0.05, 0.1) is 22.2 Å². The lowest BCUT2D eigenvalue weighted by Gasteiger charge is -2.15. The molecule has 3 aromatic heterocycles. The van der Waals surface area contributed by atoms with Gasteiger partial charge in [-0.25, -0.2) is 4.98 Å². The first kappa shape index (κ1) is 28.2. The van der Waals surface area contributed by atoms with E-state index in [2.05, 4.69) is 142 Å². The molecule has 0 atom stereocenters. The molecule has 50 heavy (non-hydrogen) atoms. The van der Waals surface area contributed by atoms with E-state index in [0.717, 1.165) is 61.0 Å². The van der Waals surface area contributed by atoms with Gasteiger partial charge in [-0.15, -0.1) is 10.2 Å². The molecule has 0 unspecified atom stereocenters. The maximum absolute atomic E-state index is 6.02. The lowest BCUT2D eigenvalue weighted by atomic mass is 9.95. The van der Waals surface area contributed by atoms with Crippen LogP contribution in [0.15, 0.2) is 174 Å². The number of rotatable bonds is 5. The predicted octanol–water partition coefficient (Wildman–Crippen LogP) is 11.5. The number of benzene rings is 7. The van der Waals surface area contributed by atoms with Crippen LogP contribution in [-0.2, 0) is 0 Å². The zero-order valence-electron chi connectivity index (χ0n) is 26.9. The SMILES string of the molecule is c1ccc(-c2nnc(-c3ccc(-c4cccc(-c5nc6ccccc6c6ccc7c8ccccc8n(-c8ccccc8)c7c56)c4)cc3)o2)cc1. The van der Waals surface area contributed by atoms with Gasteiger partial charge in [-0.05, 0) is 71.1 Å². The fourth-order valence-electron chi connectivity index (χ4n) is 7.24. The summed E-state index contributed by atoms with van der Waals surface area (Å²) in [4.78, 5) is 5.40. The van der Waals surface area contributed by atoms with Crippen molar-refractivity contribution < 1.29 is 4.42 Å². The number of fused-ring (bicyclic) bond motifs is 7. The number of aromatic nitrogens is 4. The Balaban J connectivity index is 1.16. The average molecular weight is 641 g/mol. The molecular weight excluding hydrogens is 613 g/mol. The first-order valence-corrected chi connectivity index (χ1v) is 16.7. The highest BCUT2D eigenvalue weighted by atomic mass is 16.4. The number of hydrogen-bond acceptors (Lipinski definition) is 4. The first-order chi connectivity index (χ1) is 24.8. The molecule has 7 aromatic carbocycles. The van der Waals surface area contributed by atoms with Gasteiger partial charge in [0.15, 0.2) is 0 Å². The highest BCUT2D eigenvalue weighted by molar-refractivity contribution is 6.25. The Morgan fingerprint density at radius 1 is 0.420 bits per heavy atom. The van der Waals surface area contributed by atoms with Gasteiger partial charge in [0.2, 0.25) is 11.8 Å². The summed E-state index contributed by atoms with van der Waals surface area (Å²) in [5, 5.41) is 14.5. The fraction of sp³-hybridized carbons (Fsp3) is 0. The predicted molar refractivity (Wildman–Crippen MR) is 203 cm³/mol. The van der Waals surface area contributed by atoms with Crippen LogP contribution < -0.4 is 0 Å². The van der Waals surface area contributed by atoms with Crippen molar-refractivity contribution in [1.82, 2.24) is 19.7 Å². The van der Waals surface area contributed by atoms with Crippen molar-refractivity contribution >= 4 is 43.5 Å². The van der Waals surface area contributed by atoms with E-state index >= 15 is 0 Å². The maximum Gasteiger partial charge on any atom is 0.248 e. The van der Waals surface area contributed by atoms with E-state index in [1.807, 2.05) is 42.5 Å². The average Bonchev–Trinajstić information content (AvgIpc) is 3.82. The second kappa shape index (κ2) is 11.4. The molecule has 0 spiro atoms. The summed E-state index contributed by atoms with van der Waals surface area (Å²) in [7, 11) is 0. The van der Waals surface area contributed by atoms with E-state index in [1.165, 1.54) is 21.7 Å². The van der Waals surface area contributed by atoms with Crippen LogP contribution in [0.3, 0.4) is 0 Å². The van der Waals surface area contributed by atoms with Crippen LogP contribution in [0.2, 0.25) is 0 Å². The Morgan fingerprint density at radius 2 is 1.02 bits per heavy atom. The number of hydrogen-bond donors (Lipinski definition) is 0. The topological polar surface area (TPSA) is 56.7 Å². The monoisotopic (exact) mass is 640 g/mol. The van der Waals surface area contributed by atoms with Gasteiger partial charge in [0, 0.05) is 43.9 Å². The van der Waals surface area contributed by atoms with Crippen LogP contribution in [0.25, 0.3) is 94.5 Å². The molecule has 0 fully saturated rings. The first-order valence-electron chi connectivity index (χ1n) is 16.7. The smallest absolute Gasteiger partial charge is 0.248 e. The Morgan fingerprint density at radius 3 is 1.82 bits per heavy atom. The van der Waals surface area contributed by atoms with Crippen molar-refractivity contribution in [2.45, 2.75) is 0 Å². The van der Waals surface area contributed by atoms with Crippen molar-refractivity contribution in [1.29, 1.82) is 0 Å². The zero-order valence-corrected chi connectivity index (χ0v) is 26.9. The minimum Gasteiger partial charge on any atom is -0.416 e. The summed E-state index contributed by atoms with van der Waals surface area (Å²) in [5.41, 5.74) is 10.4. The van der Waals surface area contributed by atoms with Gasteiger partial charge < -0.3 is 8.98 Å². The molecule has 10 aromatic rings. The highest BCUT2D eigenvalue weighted by Crippen LogP contribution is 2.42. The Kier molecular flexibility index (Phi) is 6.42. The minimum absolute atomic E-state index is 0.494. The van der Waals surface area contributed by atoms with Gasteiger partial charge in [0.1, 0.15) is 0 Å². The molecule has 0 aliphatic heterocycles. The van der Waals surface area contributed by atoms with E-state index in [0.29, 0.717) is 11.8 Å². The summed E-state index contributed by atoms with van der Waals surface area (Å²) in [5.74, 6) is 1.00. The molecule has 3 heterocycles. The summed E-state index contributed by atoms with van der Waals surface area (Å²) in [6.07, 6.45) is 0. The molecule has 0 N–H and O–H groups in total. The van der Waals surface area contributed by atoms with E-state index < -0.39 is 0 Å². The second-order valence-corrected chi connectivity index (χ2v) is 12.5. The molecule has 0 radical (unpaired) electrons. The lowest BCUT2D eigenvalue weighted by molar-refractivity contribution is 0.584. The molecule has 0 aliphatic carbocycles. The van der Waals surface area contributed by atoms with Gasteiger partial charge in [-0.3, -0.25) is 0 Å². The molecule has 10 rings (SSSR count). The Bertz CT molecular complexity index is 2850. The Hall–Kier alpha value is -6.85. The molecule has 5 nitrogen and oxygen atoms in total. The normalized spacial score (nSPS) is 11.6. The summed E-state index contributed by atoms with van der Waals surface area (Å²) in [6.45, 7) is 0. The lowest BCUT2D eigenvalue weighted by Crippen LogP contribution is -1.97. The quantitative estimate of drug-likeness (QED) is 0.176. The summed E-state index contributed by atoms with van der Waals surface area (Å²) in [6, 6.07) is 59.1. The molecular formula is C45H28N4O. The second-order valence-electron chi connectivity index (χ2n) is 12.5. The molecule has 5 heteroatoms. The van der Waals surface area contributed by atoms with E-state index in [9.17, 15) is 0 Å². The van der Waals surface area contributed by atoms with Crippen LogP contribution in [0.4, 0.5) is 0 Å². The van der Waals surface area contributed by atoms with Crippen LogP contribution >= 0.6 is 0 Å². The van der Waals surface area contributed by atoms with E-state index in [-0.39, 0.29) is 0 Å². The molecule has 0 bridgehead atoms. The molecule has 0 aliphatic rings.